The molecule has 1 aliphatic rings. The Balaban J connectivity index is 1.92. The molecule has 0 saturated carbocycles. The Kier molecular flexibility index (Phi) is 8.03. The molecule has 1 aromatic carbocycles. The number of benzene rings is 1. The van der Waals surface area contributed by atoms with Gasteiger partial charge in [0.05, 0.1) is 18.8 Å². The van der Waals surface area contributed by atoms with Crippen LogP contribution in [0.15, 0.2) is 30.3 Å². The fourth-order valence-electron chi connectivity index (χ4n) is 3.22. The molecule has 2 rings (SSSR count). The molecule has 1 amide bonds. The van der Waals surface area contributed by atoms with E-state index in [9.17, 15) is 14.7 Å². The number of hydrogen-bond donors (Lipinski definition) is 3. The topological polar surface area (TPSA) is 90.9 Å². The lowest BCUT2D eigenvalue weighted by Gasteiger charge is -2.28. The second-order valence-corrected chi connectivity index (χ2v) is 6.54. The predicted molar refractivity (Wildman–Crippen MR) is 98.3 cm³/mol. The largest absolute Gasteiger partial charge is 0.480 e. The fourth-order valence-corrected chi connectivity index (χ4v) is 3.22. The Morgan fingerprint density at radius 1 is 1.35 bits per heavy atom. The molecule has 1 saturated heterocycles. The SMILES string of the molecule is CCONC(CCc1ccccc1)NC(C)C(=O)N1CCCC1C(=O)O. The number of likely N-dealkylation sites (tertiary alicyclic amines) is 1. The Hall–Kier alpha value is -1.96. The number of carbonyl (C=O) groups excluding carboxylic acids is 1. The van der Waals surface area contributed by atoms with Gasteiger partial charge in [0, 0.05) is 6.54 Å². The van der Waals surface area contributed by atoms with E-state index in [0.717, 1.165) is 19.3 Å². The van der Waals surface area contributed by atoms with Crippen LogP contribution >= 0.6 is 0 Å². The van der Waals surface area contributed by atoms with Gasteiger partial charge in [-0.1, -0.05) is 30.3 Å². The van der Waals surface area contributed by atoms with Crippen molar-refractivity contribution in [2.45, 2.75) is 57.8 Å². The van der Waals surface area contributed by atoms with Crippen molar-refractivity contribution in [2.75, 3.05) is 13.2 Å². The summed E-state index contributed by atoms with van der Waals surface area (Å²) in [5.41, 5.74) is 4.16. The molecule has 1 aliphatic heterocycles. The molecule has 26 heavy (non-hydrogen) atoms. The number of carboxylic acid groups (broad SMARTS) is 1. The molecule has 1 fully saturated rings. The highest BCUT2D eigenvalue weighted by molar-refractivity contribution is 5.87. The van der Waals surface area contributed by atoms with E-state index in [0.29, 0.717) is 19.6 Å². The van der Waals surface area contributed by atoms with Crippen LogP contribution in [-0.4, -0.2) is 53.3 Å². The number of hydroxylamine groups is 1. The molecule has 3 unspecified atom stereocenters. The predicted octanol–water partition coefficient (Wildman–Crippen LogP) is 1.54. The highest BCUT2D eigenvalue weighted by atomic mass is 16.6. The third-order valence-corrected chi connectivity index (χ3v) is 4.58. The summed E-state index contributed by atoms with van der Waals surface area (Å²) in [5.74, 6) is -1.12. The monoisotopic (exact) mass is 363 g/mol. The van der Waals surface area contributed by atoms with Gasteiger partial charge in [0.25, 0.3) is 0 Å². The lowest BCUT2D eigenvalue weighted by molar-refractivity contribution is -0.149. The minimum absolute atomic E-state index is 0.182. The third-order valence-electron chi connectivity index (χ3n) is 4.58. The van der Waals surface area contributed by atoms with Gasteiger partial charge in [-0.15, -0.1) is 0 Å². The van der Waals surface area contributed by atoms with Gasteiger partial charge < -0.3 is 14.8 Å². The van der Waals surface area contributed by atoms with Gasteiger partial charge in [-0.05, 0) is 45.1 Å². The highest BCUT2D eigenvalue weighted by Crippen LogP contribution is 2.18. The summed E-state index contributed by atoms with van der Waals surface area (Å²) in [6.45, 7) is 4.66. The first-order valence-corrected chi connectivity index (χ1v) is 9.23. The first-order chi connectivity index (χ1) is 12.5. The maximum Gasteiger partial charge on any atom is 0.326 e. The molecular formula is C19H29N3O4. The molecular weight excluding hydrogens is 334 g/mol. The Labute approximate surface area is 154 Å². The van der Waals surface area contributed by atoms with E-state index in [1.807, 2.05) is 25.1 Å². The number of hydrogen-bond acceptors (Lipinski definition) is 5. The molecule has 0 spiro atoms. The minimum Gasteiger partial charge on any atom is -0.480 e. The van der Waals surface area contributed by atoms with Gasteiger partial charge in [0.2, 0.25) is 5.91 Å². The van der Waals surface area contributed by atoms with Gasteiger partial charge in [-0.25, -0.2) is 4.79 Å². The van der Waals surface area contributed by atoms with Crippen LogP contribution in [0.3, 0.4) is 0 Å². The number of amides is 1. The second-order valence-electron chi connectivity index (χ2n) is 6.54. The zero-order chi connectivity index (χ0) is 18.9. The maximum atomic E-state index is 12.7. The normalized spacial score (nSPS) is 19.3. The van der Waals surface area contributed by atoms with E-state index < -0.39 is 18.1 Å². The van der Waals surface area contributed by atoms with Crippen molar-refractivity contribution in [3.8, 4) is 0 Å². The highest BCUT2D eigenvalue weighted by Gasteiger charge is 2.36. The third kappa shape index (κ3) is 5.79. The molecule has 144 valence electrons. The molecule has 0 bridgehead atoms. The Morgan fingerprint density at radius 2 is 2.08 bits per heavy atom. The molecule has 3 N–H and O–H groups in total. The van der Waals surface area contributed by atoms with Crippen LogP contribution in [0.2, 0.25) is 0 Å². The number of aryl methyl sites for hydroxylation is 1. The van der Waals surface area contributed by atoms with Crippen LogP contribution in [0, 0.1) is 0 Å². The summed E-state index contributed by atoms with van der Waals surface area (Å²) in [6.07, 6.45) is 2.61. The number of carbonyl (C=O) groups is 2. The number of nitrogens with zero attached hydrogens (tertiary/aromatic N) is 1. The first kappa shape index (κ1) is 20.4. The average Bonchev–Trinajstić information content (AvgIpc) is 3.14. The summed E-state index contributed by atoms with van der Waals surface area (Å²) in [7, 11) is 0. The quantitative estimate of drug-likeness (QED) is 0.431. The smallest absolute Gasteiger partial charge is 0.326 e. The van der Waals surface area contributed by atoms with Gasteiger partial charge >= 0.3 is 5.97 Å². The minimum atomic E-state index is -0.934. The van der Waals surface area contributed by atoms with Crippen LogP contribution in [0.4, 0.5) is 0 Å². The van der Waals surface area contributed by atoms with Gasteiger partial charge in [-0.2, -0.15) is 5.48 Å². The molecule has 7 nitrogen and oxygen atoms in total. The van der Waals surface area contributed by atoms with Crippen molar-refractivity contribution in [3.05, 3.63) is 35.9 Å². The van der Waals surface area contributed by atoms with Gasteiger partial charge in [-0.3, -0.25) is 10.1 Å². The van der Waals surface area contributed by atoms with Crippen LogP contribution in [0.25, 0.3) is 0 Å². The van der Waals surface area contributed by atoms with Gasteiger partial charge in [0.1, 0.15) is 6.04 Å². The first-order valence-electron chi connectivity index (χ1n) is 9.23. The number of aliphatic carboxylic acids is 1. The van der Waals surface area contributed by atoms with E-state index in [4.69, 9.17) is 4.84 Å². The second kappa shape index (κ2) is 10.3. The van der Waals surface area contributed by atoms with Crippen LogP contribution in [0.1, 0.15) is 38.7 Å². The van der Waals surface area contributed by atoms with Crippen molar-refractivity contribution in [1.82, 2.24) is 15.7 Å². The van der Waals surface area contributed by atoms with E-state index >= 15 is 0 Å². The maximum absolute atomic E-state index is 12.7. The molecule has 0 aliphatic carbocycles. The number of carboxylic acids is 1. The lowest BCUT2D eigenvalue weighted by atomic mass is 10.1. The Morgan fingerprint density at radius 3 is 2.73 bits per heavy atom. The average molecular weight is 363 g/mol. The number of nitrogens with one attached hydrogen (secondary N) is 2. The van der Waals surface area contributed by atoms with Crippen molar-refractivity contribution < 1.29 is 19.5 Å². The molecule has 1 heterocycles. The van der Waals surface area contributed by atoms with E-state index in [-0.39, 0.29) is 12.1 Å². The van der Waals surface area contributed by atoms with Crippen molar-refractivity contribution >= 4 is 11.9 Å². The van der Waals surface area contributed by atoms with Crippen molar-refractivity contribution in [3.63, 3.8) is 0 Å². The summed E-state index contributed by atoms with van der Waals surface area (Å²) in [5, 5.41) is 12.5. The molecule has 1 aromatic rings. The van der Waals surface area contributed by atoms with Gasteiger partial charge in [0.15, 0.2) is 0 Å². The van der Waals surface area contributed by atoms with Crippen LogP contribution in [-0.2, 0) is 20.8 Å². The van der Waals surface area contributed by atoms with E-state index in [2.05, 4.69) is 22.9 Å². The van der Waals surface area contributed by atoms with Crippen LogP contribution < -0.4 is 10.8 Å². The molecule has 7 heteroatoms. The van der Waals surface area contributed by atoms with E-state index in [1.165, 1.54) is 10.5 Å². The molecule has 3 atom stereocenters. The zero-order valence-electron chi connectivity index (χ0n) is 15.5. The fraction of sp³-hybridized carbons (Fsp3) is 0.579. The van der Waals surface area contributed by atoms with Crippen molar-refractivity contribution in [1.29, 1.82) is 0 Å². The summed E-state index contributed by atoms with van der Waals surface area (Å²) >= 11 is 0. The summed E-state index contributed by atoms with van der Waals surface area (Å²) in [4.78, 5) is 30.8. The van der Waals surface area contributed by atoms with Crippen LogP contribution in [0.5, 0.6) is 0 Å². The van der Waals surface area contributed by atoms with Crippen molar-refractivity contribution in [2.24, 2.45) is 0 Å². The molecule has 0 aromatic heterocycles. The molecule has 0 radical (unpaired) electrons. The summed E-state index contributed by atoms with van der Waals surface area (Å²) < 4.78 is 0. The summed E-state index contributed by atoms with van der Waals surface area (Å²) in [6, 6.07) is 8.89. The van der Waals surface area contributed by atoms with E-state index in [1.54, 1.807) is 6.92 Å². The Bertz CT molecular complexity index is 581. The zero-order valence-corrected chi connectivity index (χ0v) is 15.5. The number of rotatable bonds is 10. The lowest BCUT2D eigenvalue weighted by Crippen LogP contribution is -2.54. The standard InChI is InChI=1S/C19H29N3O4/c1-3-26-21-17(12-11-15-8-5-4-6-9-15)20-14(2)18(23)22-13-7-10-16(22)19(24)25/h4-6,8-9,14,16-17,20-21H,3,7,10-13H2,1-2H3,(H,24,25).